The third-order valence-electron chi connectivity index (χ3n) is 5.99. The molecule has 0 saturated carbocycles. The van der Waals surface area contributed by atoms with E-state index in [0.717, 1.165) is 43.8 Å². The van der Waals surface area contributed by atoms with Gasteiger partial charge in [0.05, 0.1) is 7.11 Å². The lowest BCUT2D eigenvalue weighted by Gasteiger charge is -2.32. The zero-order chi connectivity index (χ0) is 17.9. The van der Waals surface area contributed by atoms with E-state index in [9.17, 15) is 4.79 Å². The third-order valence-corrected chi connectivity index (χ3v) is 5.99. The van der Waals surface area contributed by atoms with Crippen LogP contribution in [0.5, 0.6) is 5.75 Å². The molecule has 1 saturated heterocycles. The lowest BCUT2D eigenvalue weighted by atomic mass is 9.85. The molecule has 0 amide bonds. The first-order valence-electron chi connectivity index (χ1n) is 9.70. The maximum absolute atomic E-state index is 12.8. The molecule has 0 unspecified atom stereocenters. The van der Waals surface area contributed by atoms with Crippen LogP contribution in [0.25, 0.3) is 0 Å². The number of likely N-dealkylation sites (tertiary alicyclic amines) is 1. The van der Waals surface area contributed by atoms with Crippen LogP contribution in [0, 0.1) is 11.8 Å². The second-order valence-electron chi connectivity index (χ2n) is 7.73. The van der Waals surface area contributed by atoms with Crippen LogP contribution in [0.2, 0.25) is 0 Å². The molecule has 1 fully saturated rings. The molecular formula is C23H27NO2. The Labute approximate surface area is 156 Å². The molecule has 1 heterocycles. The molecule has 1 aliphatic carbocycles. The molecule has 136 valence electrons. The molecular weight excluding hydrogens is 322 g/mol. The fraction of sp³-hybridized carbons (Fsp3) is 0.435. The first kappa shape index (κ1) is 17.3. The van der Waals surface area contributed by atoms with E-state index in [1.165, 1.54) is 24.0 Å². The minimum absolute atomic E-state index is 0.169. The second-order valence-corrected chi connectivity index (χ2v) is 7.73. The van der Waals surface area contributed by atoms with E-state index in [4.69, 9.17) is 4.74 Å². The number of piperidine rings is 1. The van der Waals surface area contributed by atoms with Gasteiger partial charge in [-0.2, -0.15) is 0 Å². The van der Waals surface area contributed by atoms with Crippen LogP contribution in [0.1, 0.15) is 40.7 Å². The topological polar surface area (TPSA) is 29.5 Å². The van der Waals surface area contributed by atoms with E-state index in [-0.39, 0.29) is 5.92 Å². The van der Waals surface area contributed by atoms with Crippen molar-refractivity contribution in [3.63, 3.8) is 0 Å². The van der Waals surface area contributed by atoms with E-state index in [2.05, 4.69) is 41.3 Å². The molecule has 4 rings (SSSR count). The van der Waals surface area contributed by atoms with Crippen molar-refractivity contribution in [2.75, 3.05) is 20.2 Å². The van der Waals surface area contributed by atoms with Gasteiger partial charge in [-0.15, -0.1) is 0 Å². The molecule has 0 aromatic heterocycles. The summed E-state index contributed by atoms with van der Waals surface area (Å²) in [7, 11) is 1.65. The Hall–Kier alpha value is -2.13. The van der Waals surface area contributed by atoms with Gasteiger partial charge < -0.3 is 4.74 Å². The summed E-state index contributed by atoms with van der Waals surface area (Å²) in [5.41, 5.74) is 3.47. The molecule has 26 heavy (non-hydrogen) atoms. The number of carbonyl (C=O) groups is 1. The van der Waals surface area contributed by atoms with Gasteiger partial charge in [0, 0.05) is 18.0 Å². The normalized spacial score (nSPS) is 21.0. The SMILES string of the molecule is COc1ccc2c(c1)C(=O)[C@H](CC1CCN(Cc3ccccc3)CC1)C2. The summed E-state index contributed by atoms with van der Waals surface area (Å²) in [5.74, 6) is 1.95. The van der Waals surface area contributed by atoms with Crippen molar-refractivity contribution in [1.82, 2.24) is 4.90 Å². The van der Waals surface area contributed by atoms with E-state index in [1.807, 2.05) is 12.1 Å². The first-order chi connectivity index (χ1) is 12.7. The highest BCUT2D eigenvalue weighted by Crippen LogP contribution is 2.35. The number of ketones is 1. The van der Waals surface area contributed by atoms with Gasteiger partial charge >= 0.3 is 0 Å². The molecule has 1 aliphatic heterocycles. The lowest BCUT2D eigenvalue weighted by molar-refractivity contribution is 0.0895. The molecule has 2 aliphatic rings. The number of methoxy groups -OCH3 is 1. The van der Waals surface area contributed by atoms with Crippen molar-refractivity contribution in [2.24, 2.45) is 11.8 Å². The van der Waals surface area contributed by atoms with Gasteiger partial charge in [0.1, 0.15) is 5.75 Å². The summed E-state index contributed by atoms with van der Waals surface area (Å²) in [4.78, 5) is 15.3. The molecule has 2 aromatic rings. The molecule has 0 spiro atoms. The van der Waals surface area contributed by atoms with Crippen LogP contribution in [-0.2, 0) is 13.0 Å². The molecule has 3 nitrogen and oxygen atoms in total. The van der Waals surface area contributed by atoms with E-state index in [1.54, 1.807) is 7.11 Å². The molecule has 0 radical (unpaired) electrons. The van der Waals surface area contributed by atoms with E-state index < -0.39 is 0 Å². The number of hydrogen-bond acceptors (Lipinski definition) is 3. The summed E-state index contributed by atoms with van der Waals surface area (Å²) >= 11 is 0. The first-order valence-corrected chi connectivity index (χ1v) is 9.70. The van der Waals surface area contributed by atoms with Crippen LogP contribution < -0.4 is 4.74 Å². The largest absolute Gasteiger partial charge is 0.497 e. The van der Waals surface area contributed by atoms with Gasteiger partial charge in [0.25, 0.3) is 0 Å². The average Bonchev–Trinajstić information content (AvgIpc) is 2.99. The van der Waals surface area contributed by atoms with Crippen molar-refractivity contribution < 1.29 is 9.53 Å². The zero-order valence-electron chi connectivity index (χ0n) is 15.5. The standard InChI is InChI=1S/C23H27NO2/c1-26-21-8-7-19-14-20(23(25)22(19)15-21)13-17-9-11-24(12-10-17)16-18-5-3-2-4-6-18/h2-8,15,17,20H,9-14,16H2,1H3/t20-/m1/s1. The summed E-state index contributed by atoms with van der Waals surface area (Å²) in [6.07, 6.45) is 4.35. The number of carbonyl (C=O) groups excluding carboxylic acids is 1. The zero-order valence-corrected chi connectivity index (χ0v) is 15.5. The number of fused-ring (bicyclic) bond motifs is 1. The minimum atomic E-state index is 0.169. The summed E-state index contributed by atoms with van der Waals surface area (Å²) < 4.78 is 5.28. The fourth-order valence-electron chi connectivity index (χ4n) is 4.48. The van der Waals surface area contributed by atoms with Gasteiger partial charge in [0.2, 0.25) is 0 Å². The number of rotatable bonds is 5. The van der Waals surface area contributed by atoms with Crippen LogP contribution in [-0.4, -0.2) is 30.9 Å². The highest BCUT2D eigenvalue weighted by atomic mass is 16.5. The highest BCUT2D eigenvalue weighted by molar-refractivity contribution is 6.02. The van der Waals surface area contributed by atoms with Crippen molar-refractivity contribution in [1.29, 1.82) is 0 Å². The van der Waals surface area contributed by atoms with Crippen molar-refractivity contribution in [2.45, 2.75) is 32.2 Å². The Balaban J connectivity index is 1.30. The van der Waals surface area contributed by atoms with Crippen LogP contribution in [0.3, 0.4) is 0 Å². The summed E-state index contributed by atoms with van der Waals surface area (Å²) in [6, 6.07) is 16.7. The van der Waals surface area contributed by atoms with Gasteiger partial charge in [-0.05, 0) is 68.0 Å². The van der Waals surface area contributed by atoms with Gasteiger partial charge in [-0.25, -0.2) is 0 Å². The van der Waals surface area contributed by atoms with Crippen molar-refractivity contribution in [3.8, 4) is 5.75 Å². The number of Topliss-reactive ketones (excluding diaryl/α,β-unsaturated/α-hetero) is 1. The summed E-state index contributed by atoms with van der Waals surface area (Å²) in [5, 5.41) is 0. The predicted molar refractivity (Wildman–Crippen MR) is 104 cm³/mol. The average molecular weight is 349 g/mol. The maximum atomic E-state index is 12.8. The second kappa shape index (κ2) is 7.63. The number of hydrogen-bond donors (Lipinski definition) is 0. The molecule has 1 atom stereocenters. The monoisotopic (exact) mass is 349 g/mol. The smallest absolute Gasteiger partial charge is 0.166 e. The fourth-order valence-corrected chi connectivity index (χ4v) is 4.48. The number of nitrogens with zero attached hydrogens (tertiary/aromatic N) is 1. The molecule has 0 bridgehead atoms. The van der Waals surface area contributed by atoms with Gasteiger partial charge in [0.15, 0.2) is 5.78 Å². The van der Waals surface area contributed by atoms with E-state index >= 15 is 0 Å². The van der Waals surface area contributed by atoms with Crippen LogP contribution in [0.15, 0.2) is 48.5 Å². The highest BCUT2D eigenvalue weighted by Gasteiger charge is 2.33. The van der Waals surface area contributed by atoms with Crippen LogP contribution in [0.4, 0.5) is 0 Å². The Bertz CT molecular complexity index is 763. The Morgan fingerprint density at radius 3 is 2.58 bits per heavy atom. The third kappa shape index (κ3) is 3.68. The van der Waals surface area contributed by atoms with Gasteiger partial charge in [-0.1, -0.05) is 36.4 Å². The van der Waals surface area contributed by atoms with Crippen LogP contribution >= 0.6 is 0 Å². The summed E-state index contributed by atoms with van der Waals surface area (Å²) in [6.45, 7) is 3.32. The Kier molecular flexibility index (Phi) is 5.07. The number of ether oxygens (including phenoxy) is 1. The van der Waals surface area contributed by atoms with Gasteiger partial charge in [-0.3, -0.25) is 9.69 Å². The Morgan fingerprint density at radius 2 is 1.85 bits per heavy atom. The molecule has 3 heteroatoms. The molecule has 0 N–H and O–H groups in total. The predicted octanol–water partition coefficient (Wildman–Crippen LogP) is 4.35. The van der Waals surface area contributed by atoms with Crippen molar-refractivity contribution in [3.05, 3.63) is 65.2 Å². The van der Waals surface area contributed by atoms with Crippen molar-refractivity contribution >= 4 is 5.78 Å². The maximum Gasteiger partial charge on any atom is 0.166 e. The number of benzene rings is 2. The minimum Gasteiger partial charge on any atom is -0.497 e. The quantitative estimate of drug-likeness (QED) is 0.803. The van der Waals surface area contributed by atoms with E-state index in [0.29, 0.717) is 11.7 Å². The Morgan fingerprint density at radius 1 is 1.08 bits per heavy atom. The molecule has 2 aromatic carbocycles. The lowest BCUT2D eigenvalue weighted by Crippen LogP contribution is -2.34.